The largest absolute Gasteiger partial charge is 0.399 e. The van der Waals surface area contributed by atoms with Crippen LogP contribution in [-0.4, -0.2) is 23.9 Å². The first-order chi connectivity index (χ1) is 9.30. The highest BCUT2D eigenvalue weighted by Gasteiger charge is 2.31. The summed E-state index contributed by atoms with van der Waals surface area (Å²) in [5, 5.41) is 0.465. The van der Waals surface area contributed by atoms with Crippen molar-refractivity contribution in [2.75, 3.05) is 12.8 Å². The van der Waals surface area contributed by atoms with Crippen LogP contribution in [0.15, 0.2) is 18.2 Å². The van der Waals surface area contributed by atoms with E-state index in [1.54, 1.807) is 18.2 Å². The standard InChI is InChI=1S/C16H23ClN2O/c1-16(2)8-6-12(7-9-16)19(3)15(20)13-10-11(18)4-5-14(13)17/h4-5,10,12H,6-9,18H2,1-3H3. The second-order valence-corrected chi connectivity index (χ2v) is 6.96. The van der Waals surface area contributed by atoms with Crippen LogP contribution in [0.1, 0.15) is 49.9 Å². The Morgan fingerprint density at radius 2 is 1.95 bits per heavy atom. The summed E-state index contributed by atoms with van der Waals surface area (Å²) in [5.74, 6) is -0.0352. The molecule has 1 aromatic rings. The summed E-state index contributed by atoms with van der Waals surface area (Å²) in [6, 6.07) is 5.35. The zero-order valence-corrected chi connectivity index (χ0v) is 13.2. The molecule has 2 N–H and O–H groups in total. The fourth-order valence-electron chi connectivity index (χ4n) is 2.83. The summed E-state index contributed by atoms with van der Waals surface area (Å²) < 4.78 is 0. The zero-order chi connectivity index (χ0) is 14.9. The molecular weight excluding hydrogens is 272 g/mol. The second kappa shape index (κ2) is 5.65. The maximum Gasteiger partial charge on any atom is 0.255 e. The minimum Gasteiger partial charge on any atom is -0.399 e. The van der Waals surface area contributed by atoms with E-state index in [9.17, 15) is 4.79 Å². The molecule has 2 rings (SSSR count). The number of hydrogen-bond donors (Lipinski definition) is 1. The van der Waals surface area contributed by atoms with E-state index < -0.39 is 0 Å². The molecule has 0 aliphatic heterocycles. The van der Waals surface area contributed by atoms with Crippen molar-refractivity contribution >= 4 is 23.2 Å². The van der Waals surface area contributed by atoms with Gasteiger partial charge in [0.15, 0.2) is 0 Å². The monoisotopic (exact) mass is 294 g/mol. The van der Waals surface area contributed by atoms with Gasteiger partial charge < -0.3 is 10.6 Å². The number of nitrogens with zero attached hydrogens (tertiary/aromatic N) is 1. The molecule has 1 aliphatic carbocycles. The summed E-state index contributed by atoms with van der Waals surface area (Å²) in [5.41, 5.74) is 7.21. The van der Waals surface area contributed by atoms with Crippen LogP contribution in [0.5, 0.6) is 0 Å². The third-order valence-electron chi connectivity index (χ3n) is 4.40. The van der Waals surface area contributed by atoms with Crippen LogP contribution in [0, 0.1) is 5.41 Å². The smallest absolute Gasteiger partial charge is 0.255 e. The van der Waals surface area contributed by atoms with Gasteiger partial charge in [-0.3, -0.25) is 4.79 Å². The van der Waals surface area contributed by atoms with Crippen LogP contribution < -0.4 is 5.73 Å². The Kier molecular flexibility index (Phi) is 4.28. The summed E-state index contributed by atoms with van der Waals surface area (Å²) >= 11 is 6.12. The lowest BCUT2D eigenvalue weighted by molar-refractivity contribution is 0.0635. The van der Waals surface area contributed by atoms with E-state index in [0.29, 0.717) is 27.7 Å². The van der Waals surface area contributed by atoms with E-state index in [0.717, 1.165) is 25.7 Å². The summed E-state index contributed by atoms with van der Waals surface area (Å²) in [4.78, 5) is 14.4. The summed E-state index contributed by atoms with van der Waals surface area (Å²) in [6.45, 7) is 4.58. The van der Waals surface area contributed by atoms with Crippen molar-refractivity contribution in [3.8, 4) is 0 Å². The molecule has 1 aromatic carbocycles. The predicted octanol–water partition coefficient (Wildman–Crippen LogP) is 3.96. The van der Waals surface area contributed by atoms with Crippen molar-refractivity contribution in [2.24, 2.45) is 5.41 Å². The van der Waals surface area contributed by atoms with E-state index in [1.807, 2.05) is 11.9 Å². The molecule has 0 atom stereocenters. The van der Waals surface area contributed by atoms with Crippen molar-refractivity contribution in [3.63, 3.8) is 0 Å². The molecular formula is C16H23ClN2O. The lowest BCUT2D eigenvalue weighted by Gasteiger charge is -2.38. The first kappa shape index (κ1) is 15.2. The van der Waals surface area contributed by atoms with Crippen molar-refractivity contribution in [1.82, 2.24) is 4.90 Å². The number of carbonyl (C=O) groups excluding carboxylic acids is 1. The van der Waals surface area contributed by atoms with Crippen LogP contribution in [0.2, 0.25) is 5.02 Å². The van der Waals surface area contributed by atoms with Gasteiger partial charge in [-0.1, -0.05) is 25.4 Å². The van der Waals surface area contributed by atoms with Gasteiger partial charge in [0.2, 0.25) is 0 Å². The van der Waals surface area contributed by atoms with E-state index in [2.05, 4.69) is 13.8 Å². The number of anilines is 1. The van der Waals surface area contributed by atoms with Crippen LogP contribution in [0.3, 0.4) is 0 Å². The highest BCUT2D eigenvalue weighted by atomic mass is 35.5. The van der Waals surface area contributed by atoms with Gasteiger partial charge in [-0.15, -0.1) is 0 Å². The highest BCUT2D eigenvalue weighted by molar-refractivity contribution is 6.34. The summed E-state index contributed by atoms with van der Waals surface area (Å²) in [7, 11) is 1.87. The number of nitrogen functional groups attached to an aromatic ring is 1. The van der Waals surface area contributed by atoms with Gasteiger partial charge in [-0.05, 0) is 49.3 Å². The van der Waals surface area contributed by atoms with Gasteiger partial charge in [0, 0.05) is 18.8 Å². The van der Waals surface area contributed by atoms with Gasteiger partial charge in [0.25, 0.3) is 5.91 Å². The lowest BCUT2D eigenvalue weighted by Crippen LogP contribution is -2.41. The van der Waals surface area contributed by atoms with Crippen LogP contribution in [0.4, 0.5) is 5.69 Å². The van der Waals surface area contributed by atoms with Crippen LogP contribution in [0.25, 0.3) is 0 Å². The fourth-order valence-corrected chi connectivity index (χ4v) is 3.03. The molecule has 1 fully saturated rings. The fraction of sp³-hybridized carbons (Fsp3) is 0.562. The number of carbonyl (C=O) groups is 1. The Labute approximate surface area is 126 Å². The molecule has 0 bridgehead atoms. The number of halogens is 1. The molecule has 3 nitrogen and oxygen atoms in total. The highest BCUT2D eigenvalue weighted by Crippen LogP contribution is 2.37. The molecule has 110 valence electrons. The molecule has 0 radical (unpaired) electrons. The van der Waals surface area contributed by atoms with E-state index in [1.165, 1.54) is 0 Å². The van der Waals surface area contributed by atoms with E-state index >= 15 is 0 Å². The molecule has 1 aliphatic rings. The Morgan fingerprint density at radius 1 is 1.35 bits per heavy atom. The quantitative estimate of drug-likeness (QED) is 0.839. The summed E-state index contributed by atoms with van der Waals surface area (Å²) in [6.07, 6.45) is 4.41. The Bertz CT molecular complexity index is 503. The van der Waals surface area contributed by atoms with Gasteiger partial charge >= 0.3 is 0 Å². The Hall–Kier alpha value is -1.22. The number of rotatable bonds is 2. The van der Waals surface area contributed by atoms with E-state index in [4.69, 9.17) is 17.3 Å². The van der Waals surface area contributed by atoms with Crippen molar-refractivity contribution < 1.29 is 4.79 Å². The first-order valence-corrected chi connectivity index (χ1v) is 7.50. The molecule has 0 aromatic heterocycles. The molecule has 1 amide bonds. The molecule has 0 saturated heterocycles. The Morgan fingerprint density at radius 3 is 2.55 bits per heavy atom. The molecule has 1 saturated carbocycles. The predicted molar refractivity (Wildman–Crippen MR) is 84.0 cm³/mol. The topological polar surface area (TPSA) is 46.3 Å². The maximum atomic E-state index is 12.6. The first-order valence-electron chi connectivity index (χ1n) is 7.12. The number of amides is 1. The lowest BCUT2D eigenvalue weighted by atomic mass is 9.75. The molecule has 0 unspecified atom stereocenters. The molecule has 0 heterocycles. The maximum absolute atomic E-state index is 12.6. The van der Waals surface area contributed by atoms with Gasteiger partial charge in [0.05, 0.1) is 10.6 Å². The molecule has 0 spiro atoms. The average molecular weight is 295 g/mol. The number of hydrogen-bond acceptors (Lipinski definition) is 2. The van der Waals surface area contributed by atoms with Gasteiger partial charge in [0.1, 0.15) is 0 Å². The molecule has 20 heavy (non-hydrogen) atoms. The third kappa shape index (κ3) is 3.26. The van der Waals surface area contributed by atoms with Crippen molar-refractivity contribution in [3.05, 3.63) is 28.8 Å². The second-order valence-electron chi connectivity index (χ2n) is 6.55. The van der Waals surface area contributed by atoms with E-state index in [-0.39, 0.29) is 5.91 Å². The number of benzene rings is 1. The average Bonchev–Trinajstić information content (AvgIpc) is 2.40. The van der Waals surface area contributed by atoms with Gasteiger partial charge in [-0.25, -0.2) is 0 Å². The van der Waals surface area contributed by atoms with Crippen molar-refractivity contribution in [1.29, 1.82) is 0 Å². The minimum atomic E-state index is -0.0352. The minimum absolute atomic E-state index is 0.0352. The van der Waals surface area contributed by atoms with Crippen LogP contribution in [-0.2, 0) is 0 Å². The normalized spacial score (nSPS) is 18.8. The number of nitrogens with two attached hydrogens (primary N) is 1. The SMILES string of the molecule is CN(C(=O)c1cc(N)ccc1Cl)C1CCC(C)(C)CC1. The van der Waals surface area contributed by atoms with Crippen molar-refractivity contribution in [2.45, 2.75) is 45.6 Å². The Balaban J connectivity index is 2.11. The van der Waals surface area contributed by atoms with Crippen LogP contribution >= 0.6 is 11.6 Å². The zero-order valence-electron chi connectivity index (χ0n) is 12.4. The third-order valence-corrected chi connectivity index (χ3v) is 4.73. The molecule has 4 heteroatoms. The van der Waals surface area contributed by atoms with Gasteiger partial charge in [-0.2, -0.15) is 0 Å².